The minimum Gasteiger partial charge on any atom is -0.463 e. The fourth-order valence-electron chi connectivity index (χ4n) is 2.75. The molecular formula is C18H13FN2O3. The zero-order valence-corrected chi connectivity index (χ0v) is 12.6. The molecule has 0 aliphatic carbocycles. The number of halogens is 1. The van der Waals surface area contributed by atoms with E-state index in [9.17, 15) is 9.18 Å². The van der Waals surface area contributed by atoms with Crippen LogP contribution in [0.4, 0.5) is 4.39 Å². The Morgan fingerprint density at radius 3 is 2.50 bits per heavy atom. The number of carbonyl (C=O) groups is 1. The molecule has 120 valence electrons. The molecule has 1 aromatic carbocycles. The maximum Gasteiger partial charge on any atom is 0.310 e. The van der Waals surface area contributed by atoms with Crippen LogP contribution in [0.25, 0.3) is 0 Å². The highest BCUT2D eigenvalue weighted by Crippen LogP contribution is 2.34. The number of rotatable bonds is 3. The lowest BCUT2D eigenvalue weighted by atomic mass is 10.0. The normalized spacial score (nSPS) is 17.1. The number of nitrogens with zero attached hydrogens (tertiary/aromatic N) is 2. The lowest BCUT2D eigenvalue weighted by Crippen LogP contribution is -2.26. The van der Waals surface area contributed by atoms with Gasteiger partial charge >= 0.3 is 5.91 Å². The standard InChI is InChI=1S/C18H13FN2O3/c19-13-7-5-12(6-8-13)15-11-14(16-3-1-9-23-16)20-21(15)18(22)17-4-2-10-24-17/h1-10,15H,11H2/t15-/m0/s1. The molecule has 1 atom stereocenters. The highest BCUT2D eigenvalue weighted by atomic mass is 19.1. The molecule has 0 unspecified atom stereocenters. The maximum atomic E-state index is 13.2. The van der Waals surface area contributed by atoms with Gasteiger partial charge in [0.25, 0.3) is 0 Å². The van der Waals surface area contributed by atoms with Crippen LogP contribution in [0, 0.1) is 5.82 Å². The highest BCUT2D eigenvalue weighted by Gasteiger charge is 2.35. The quantitative estimate of drug-likeness (QED) is 0.731. The predicted octanol–water partition coefficient (Wildman–Crippen LogP) is 4.00. The van der Waals surface area contributed by atoms with Gasteiger partial charge in [-0.3, -0.25) is 4.79 Å². The molecule has 5 nitrogen and oxygen atoms in total. The van der Waals surface area contributed by atoms with E-state index in [1.807, 2.05) is 0 Å². The first-order valence-corrected chi connectivity index (χ1v) is 7.46. The summed E-state index contributed by atoms with van der Waals surface area (Å²) in [6.07, 6.45) is 3.47. The number of carbonyl (C=O) groups excluding carboxylic acids is 1. The molecule has 4 rings (SSSR count). The molecule has 3 aromatic rings. The molecule has 0 N–H and O–H groups in total. The smallest absolute Gasteiger partial charge is 0.310 e. The molecule has 0 saturated heterocycles. The second-order valence-corrected chi connectivity index (χ2v) is 5.42. The van der Waals surface area contributed by atoms with Gasteiger partial charge in [-0.1, -0.05) is 12.1 Å². The average molecular weight is 324 g/mol. The number of hydrogen-bond acceptors (Lipinski definition) is 4. The van der Waals surface area contributed by atoms with Crippen LogP contribution in [0.15, 0.2) is 75.0 Å². The Kier molecular flexibility index (Phi) is 3.49. The van der Waals surface area contributed by atoms with Gasteiger partial charge < -0.3 is 8.83 Å². The van der Waals surface area contributed by atoms with Crippen molar-refractivity contribution in [3.05, 3.63) is 84.0 Å². The molecular weight excluding hydrogens is 311 g/mol. The van der Waals surface area contributed by atoms with Gasteiger partial charge in [0.05, 0.1) is 18.6 Å². The van der Waals surface area contributed by atoms with Gasteiger partial charge in [0, 0.05) is 6.42 Å². The molecule has 0 fully saturated rings. The molecule has 1 amide bonds. The van der Waals surface area contributed by atoms with E-state index in [0.717, 1.165) is 5.56 Å². The van der Waals surface area contributed by atoms with Crippen LogP contribution in [0.5, 0.6) is 0 Å². The van der Waals surface area contributed by atoms with E-state index in [1.54, 1.807) is 42.7 Å². The first kappa shape index (κ1) is 14.4. The lowest BCUT2D eigenvalue weighted by molar-refractivity contribution is 0.0678. The van der Waals surface area contributed by atoms with Gasteiger partial charge in [-0.2, -0.15) is 5.10 Å². The van der Waals surface area contributed by atoms with Crippen LogP contribution in [0.1, 0.15) is 34.3 Å². The Labute approximate surface area is 137 Å². The fraction of sp³-hybridized carbons (Fsp3) is 0.111. The number of furan rings is 2. The molecule has 1 aliphatic heterocycles. The molecule has 6 heteroatoms. The van der Waals surface area contributed by atoms with Crippen molar-refractivity contribution < 1.29 is 18.0 Å². The van der Waals surface area contributed by atoms with Gasteiger partial charge in [0.15, 0.2) is 5.76 Å². The SMILES string of the molecule is O=C(c1ccco1)N1N=C(c2ccco2)C[C@H]1c1ccc(F)cc1. The van der Waals surface area contributed by atoms with Crippen LogP contribution in [0.3, 0.4) is 0 Å². The molecule has 0 spiro atoms. The van der Waals surface area contributed by atoms with Gasteiger partial charge in [0.1, 0.15) is 17.3 Å². The summed E-state index contributed by atoms with van der Waals surface area (Å²) in [6, 6.07) is 12.5. The van der Waals surface area contributed by atoms with Crippen molar-refractivity contribution >= 4 is 11.6 Å². The van der Waals surface area contributed by atoms with Gasteiger partial charge in [-0.25, -0.2) is 9.40 Å². The Hall–Kier alpha value is -3.15. The highest BCUT2D eigenvalue weighted by molar-refractivity contribution is 6.02. The summed E-state index contributed by atoms with van der Waals surface area (Å²) in [6.45, 7) is 0. The summed E-state index contributed by atoms with van der Waals surface area (Å²) in [5.41, 5.74) is 1.45. The minimum absolute atomic E-state index is 0.201. The summed E-state index contributed by atoms with van der Waals surface area (Å²) >= 11 is 0. The Bertz CT molecular complexity index is 868. The molecule has 0 radical (unpaired) electrons. The Morgan fingerprint density at radius 1 is 1.08 bits per heavy atom. The van der Waals surface area contributed by atoms with Crippen molar-refractivity contribution in [3.63, 3.8) is 0 Å². The zero-order chi connectivity index (χ0) is 16.5. The largest absolute Gasteiger partial charge is 0.463 e. The van der Waals surface area contributed by atoms with Crippen molar-refractivity contribution in [2.24, 2.45) is 5.10 Å². The topological polar surface area (TPSA) is 59.0 Å². The van der Waals surface area contributed by atoms with Crippen molar-refractivity contribution in [1.82, 2.24) is 5.01 Å². The molecule has 0 bridgehead atoms. The second-order valence-electron chi connectivity index (χ2n) is 5.42. The molecule has 3 heterocycles. The summed E-state index contributed by atoms with van der Waals surface area (Å²) in [4.78, 5) is 12.7. The monoisotopic (exact) mass is 324 g/mol. The molecule has 1 aliphatic rings. The third kappa shape index (κ3) is 2.52. The van der Waals surface area contributed by atoms with Crippen LogP contribution < -0.4 is 0 Å². The van der Waals surface area contributed by atoms with Crippen LogP contribution in [-0.2, 0) is 0 Å². The maximum absolute atomic E-state index is 13.2. The summed E-state index contributed by atoms with van der Waals surface area (Å²) in [7, 11) is 0. The number of benzene rings is 1. The minimum atomic E-state index is -0.351. The van der Waals surface area contributed by atoms with E-state index >= 15 is 0 Å². The lowest BCUT2D eigenvalue weighted by Gasteiger charge is -2.21. The van der Waals surface area contributed by atoms with Crippen molar-refractivity contribution in [3.8, 4) is 0 Å². The van der Waals surface area contributed by atoms with Crippen molar-refractivity contribution in [2.75, 3.05) is 0 Å². The second kappa shape index (κ2) is 5.81. The van der Waals surface area contributed by atoms with E-state index < -0.39 is 0 Å². The third-order valence-corrected chi connectivity index (χ3v) is 3.91. The van der Waals surface area contributed by atoms with E-state index in [0.29, 0.717) is 17.9 Å². The first-order chi connectivity index (χ1) is 11.7. The average Bonchev–Trinajstić information content (AvgIpc) is 3.34. The van der Waals surface area contributed by atoms with E-state index in [1.165, 1.54) is 23.4 Å². The van der Waals surface area contributed by atoms with Crippen LogP contribution in [0.2, 0.25) is 0 Å². The van der Waals surface area contributed by atoms with Crippen molar-refractivity contribution in [2.45, 2.75) is 12.5 Å². The van der Waals surface area contributed by atoms with Gasteiger partial charge in [-0.05, 0) is 42.0 Å². The van der Waals surface area contributed by atoms with Crippen LogP contribution >= 0.6 is 0 Å². The van der Waals surface area contributed by atoms with E-state index in [4.69, 9.17) is 8.83 Å². The Balaban J connectivity index is 1.72. The Morgan fingerprint density at radius 2 is 1.83 bits per heavy atom. The summed E-state index contributed by atoms with van der Waals surface area (Å²) in [5.74, 6) is 0.132. The fourth-order valence-corrected chi connectivity index (χ4v) is 2.75. The van der Waals surface area contributed by atoms with Crippen LogP contribution in [-0.4, -0.2) is 16.6 Å². The predicted molar refractivity (Wildman–Crippen MR) is 83.9 cm³/mol. The number of hydrazone groups is 1. The van der Waals surface area contributed by atoms with E-state index in [-0.39, 0.29) is 23.5 Å². The molecule has 24 heavy (non-hydrogen) atoms. The zero-order valence-electron chi connectivity index (χ0n) is 12.6. The van der Waals surface area contributed by atoms with Gasteiger partial charge in [-0.15, -0.1) is 0 Å². The first-order valence-electron chi connectivity index (χ1n) is 7.46. The number of hydrogen-bond donors (Lipinski definition) is 0. The number of amides is 1. The van der Waals surface area contributed by atoms with Crippen molar-refractivity contribution in [1.29, 1.82) is 0 Å². The molecule has 2 aromatic heterocycles. The molecule has 0 saturated carbocycles. The summed E-state index contributed by atoms with van der Waals surface area (Å²) in [5, 5.41) is 5.78. The van der Waals surface area contributed by atoms with E-state index in [2.05, 4.69) is 5.10 Å². The van der Waals surface area contributed by atoms with Gasteiger partial charge in [0.2, 0.25) is 0 Å². The third-order valence-electron chi connectivity index (χ3n) is 3.91. The summed E-state index contributed by atoms with van der Waals surface area (Å²) < 4.78 is 23.8.